The molecule has 5 nitrogen and oxygen atoms in total. The van der Waals surface area contributed by atoms with E-state index in [1.807, 2.05) is 13.8 Å². The first-order valence-corrected chi connectivity index (χ1v) is 5.70. The molecular formula is C11H19N3O2. The van der Waals surface area contributed by atoms with Gasteiger partial charge >= 0.3 is 6.03 Å². The molecule has 16 heavy (non-hydrogen) atoms. The van der Waals surface area contributed by atoms with Crippen LogP contribution in [0.4, 0.5) is 4.79 Å². The molecule has 0 spiro atoms. The molecule has 5 heteroatoms. The minimum Gasteiger partial charge on any atom is -0.379 e. The second-order valence-corrected chi connectivity index (χ2v) is 4.08. The molecule has 0 aromatic rings. The Morgan fingerprint density at radius 1 is 1.75 bits per heavy atom. The van der Waals surface area contributed by atoms with Crippen LogP contribution in [0.2, 0.25) is 0 Å². The third-order valence-corrected chi connectivity index (χ3v) is 2.64. The minimum atomic E-state index is -0.134. The quantitative estimate of drug-likeness (QED) is 0.775. The predicted octanol–water partition coefficient (Wildman–Crippen LogP) is 0.966. The van der Waals surface area contributed by atoms with E-state index in [-0.39, 0.29) is 18.0 Å². The van der Waals surface area contributed by atoms with Crippen LogP contribution in [0.15, 0.2) is 0 Å². The van der Waals surface area contributed by atoms with Crippen molar-refractivity contribution in [3.8, 4) is 6.07 Å². The SMILES string of the molecule is CCN(CC(C)C#N)C(=O)NC1CCOC1. The Morgan fingerprint density at radius 2 is 2.50 bits per heavy atom. The van der Waals surface area contributed by atoms with E-state index in [0.29, 0.717) is 26.3 Å². The number of amides is 2. The Kier molecular flexibility index (Phi) is 5.06. The van der Waals surface area contributed by atoms with Crippen LogP contribution in [-0.4, -0.2) is 43.3 Å². The number of hydrogen-bond acceptors (Lipinski definition) is 3. The minimum absolute atomic E-state index is 0.0971. The lowest BCUT2D eigenvalue weighted by Gasteiger charge is -2.24. The molecule has 0 aromatic heterocycles. The lowest BCUT2D eigenvalue weighted by Crippen LogP contribution is -2.46. The van der Waals surface area contributed by atoms with Gasteiger partial charge in [0.1, 0.15) is 0 Å². The van der Waals surface area contributed by atoms with Crippen molar-refractivity contribution in [1.82, 2.24) is 10.2 Å². The van der Waals surface area contributed by atoms with Crippen LogP contribution in [0.5, 0.6) is 0 Å². The lowest BCUT2D eigenvalue weighted by atomic mass is 10.2. The monoisotopic (exact) mass is 225 g/mol. The molecule has 1 rings (SSSR count). The van der Waals surface area contributed by atoms with Crippen LogP contribution in [0, 0.1) is 17.2 Å². The van der Waals surface area contributed by atoms with Crippen molar-refractivity contribution < 1.29 is 9.53 Å². The Morgan fingerprint density at radius 3 is 3.00 bits per heavy atom. The standard InChI is InChI=1S/C11H19N3O2/c1-3-14(7-9(2)6-12)11(15)13-10-4-5-16-8-10/h9-10H,3-5,7-8H2,1-2H3,(H,13,15). The number of nitrogens with zero attached hydrogens (tertiary/aromatic N) is 2. The maximum atomic E-state index is 11.8. The third-order valence-electron chi connectivity index (χ3n) is 2.64. The van der Waals surface area contributed by atoms with Crippen molar-refractivity contribution in [3.63, 3.8) is 0 Å². The van der Waals surface area contributed by atoms with Crippen LogP contribution in [-0.2, 0) is 4.74 Å². The molecule has 0 aliphatic carbocycles. The molecule has 1 aliphatic rings. The van der Waals surface area contributed by atoms with Gasteiger partial charge in [-0.1, -0.05) is 0 Å². The number of carbonyl (C=O) groups excluding carboxylic acids is 1. The lowest BCUT2D eigenvalue weighted by molar-refractivity contribution is 0.177. The Balaban J connectivity index is 2.39. The predicted molar refractivity (Wildman–Crippen MR) is 59.8 cm³/mol. The maximum Gasteiger partial charge on any atom is 0.317 e. The van der Waals surface area contributed by atoms with Crippen LogP contribution in [0.3, 0.4) is 0 Å². The molecule has 1 heterocycles. The summed E-state index contributed by atoms with van der Waals surface area (Å²) in [5.74, 6) is -0.134. The molecule has 2 unspecified atom stereocenters. The summed E-state index contributed by atoms with van der Waals surface area (Å²) in [6.45, 7) is 6.13. The topological polar surface area (TPSA) is 65.4 Å². The van der Waals surface area contributed by atoms with Gasteiger partial charge in [0.25, 0.3) is 0 Å². The molecule has 0 saturated carbocycles. The summed E-state index contributed by atoms with van der Waals surface area (Å²) in [5.41, 5.74) is 0. The van der Waals surface area contributed by atoms with Crippen LogP contribution < -0.4 is 5.32 Å². The van der Waals surface area contributed by atoms with E-state index in [1.165, 1.54) is 0 Å². The van der Waals surface area contributed by atoms with Gasteiger partial charge in [0.15, 0.2) is 0 Å². The van der Waals surface area contributed by atoms with E-state index in [1.54, 1.807) is 4.90 Å². The summed E-state index contributed by atoms with van der Waals surface area (Å²) < 4.78 is 5.19. The van der Waals surface area contributed by atoms with Crippen molar-refractivity contribution in [2.45, 2.75) is 26.3 Å². The number of rotatable bonds is 4. The highest BCUT2D eigenvalue weighted by molar-refractivity contribution is 5.74. The van der Waals surface area contributed by atoms with E-state index in [2.05, 4.69) is 11.4 Å². The number of carbonyl (C=O) groups is 1. The summed E-state index contributed by atoms with van der Waals surface area (Å²) in [7, 11) is 0. The molecule has 2 amide bonds. The second kappa shape index (κ2) is 6.33. The van der Waals surface area contributed by atoms with Crippen molar-refractivity contribution in [1.29, 1.82) is 5.26 Å². The first-order chi connectivity index (χ1) is 7.67. The van der Waals surface area contributed by atoms with E-state index >= 15 is 0 Å². The molecule has 2 atom stereocenters. The van der Waals surface area contributed by atoms with Gasteiger partial charge in [0, 0.05) is 19.7 Å². The van der Waals surface area contributed by atoms with Crippen molar-refractivity contribution >= 4 is 6.03 Å². The molecule has 1 saturated heterocycles. The molecule has 90 valence electrons. The Hall–Kier alpha value is -1.28. The average molecular weight is 225 g/mol. The Labute approximate surface area is 96.4 Å². The normalized spacial score (nSPS) is 21.2. The summed E-state index contributed by atoms with van der Waals surface area (Å²) in [6, 6.07) is 2.16. The zero-order chi connectivity index (χ0) is 12.0. The van der Waals surface area contributed by atoms with Crippen LogP contribution >= 0.6 is 0 Å². The summed E-state index contributed by atoms with van der Waals surface area (Å²) in [5, 5.41) is 11.6. The fourth-order valence-electron chi connectivity index (χ4n) is 1.64. The average Bonchev–Trinajstić information content (AvgIpc) is 2.77. The van der Waals surface area contributed by atoms with Gasteiger partial charge in [-0.25, -0.2) is 4.79 Å². The van der Waals surface area contributed by atoms with E-state index in [0.717, 1.165) is 6.42 Å². The fraction of sp³-hybridized carbons (Fsp3) is 0.818. The maximum absolute atomic E-state index is 11.8. The number of ether oxygens (including phenoxy) is 1. The molecule has 1 fully saturated rings. The van der Waals surface area contributed by atoms with Crippen molar-refractivity contribution in [3.05, 3.63) is 0 Å². The van der Waals surface area contributed by atoms with Gasteiger partial charge < -0.3 is 15.0 Å². The summed E-state index contributed by atoms with van der Waals surface area (Å²) in [4.78, 5) is 13.5. The molecule has 0 bridgehead atoms. The summed E-state index contributed by atoms with van der Waals surface area (Å²) >= 11 is 0. The van der Waals surface area contributed by atoms with E-state index in [4.69, 9.17) is 10.00 Å². The highest BCUT2D eigenvalue weighted by Gasteiger charge is 2.21. The highest BCUT2D eigenvalue weighted by atomic mass is 16.5. The summed E-state index contributed by atoms with van der Waals surface area (Å²) in [6.07, 6.45) is 0.872. The first kappa shape index (κ1) is 12.8. The number of nitriles is 1. The van der Waals surface area contributed by atoms with Gasteiger partial charge in [-0.15, -0.1) is 0 Å². The van der Waals surface area contributed by atoms with Crippen molar-refractivity contribution in [2.75, 3.05) is 26.3 Å². The fourth-order valence-corrected chi connectivity index (χ4v) is 1.64. The van der Waals surface area contributed by atoms with Gasteiger partial charge in [0.05, 0.1) is 24.6 Å². The number of hydrogen-bond donors (Lipinski definition) is 1. The third kappa shape index (κ3) is 3.70. The van der Waals surface area contributed by atoms with Gasteiger partial charge in [-0.05, 0) is 20.3 Å². The molecule has 0 aromatic carbocycles. The van der Waals surface area contributed by atoms with Crippen LogP contribution in [0.1, 0.15) is 20.3 Å². The molecule has 1 aliphatic heterocycles. The molecule has 0 radical (unpaired) electrons. The highest BCUT2D eigenvalue weighted by Crippen LogP contribution is 2.05. The smallest absolute Gasteiger partial charge is 0.317 e. The zero-order valence-electron chi connectivity index (χ0n) is 9.90. The van der Waals surface area contributed by atoms with Gasteiger partial charge in [-0.2, -0.15) is 5.26 Å². The number of nitrogens with one attached hydrogen (secondary N) is 1. The van der Waals surface area contributed by atoms with Crippen LogP contribution in [0.25, 0.3) is 0 Å². The Bertz CT molecular complexity index is 269. The second-order valence-electron chi connectivity index (χ2n) is 4.08. The van der Waals surface area contributed by atoms with E-state index in [9.17, 15) is 4.79 Å². The van der Waals surface area contributed by atoms with Gasteiger partial charge in [0.2, 0.25) is 0 Å². The number of urea groups is 1. The van der Waals surface area contributed by atoms with Crippen molar-refractivity contribution in [2.24, 2.45) is 5.92 Å². The molecular weight excluding hydrogens is 206 g/mol. The first-order valence-electron chi connectivity index (χ1n) is 5.70. The zero-order valence-corrected chi connectivity index (χ0v) is 9.90. The molecule has 1 N–H and O–H groups in total. The largest absolute Gasteiger partial charge is 0.379 e. The van der Waals surface area contributed by atoms with Gasteiger partial charge in [-0.3, -0.25) is 0 Å². The van der Waals surface area contributed by atoms with E-state index < -0.39 is 0 Å².